The maximum absolute atomic E-state index is 15.2. The fourth-order valence-corrected chi connectivity index (χ4v) is 3.90. The van der Waals surface area contributed by atoms with E-state index in [0.717, 1.165) is 10.6 Å². The Morgan fingerprint density at radius 3 is 2.41 bits per heavy atom. The third-order valence-corrected chi connectivity index (χ3v) is 5.64. The van der Waals surface area contributed by atoms with E-state index in [0.29, 0.717) is 0 Å². The Balaban J connectivity index is 2.56. The van der Waals surface area contributed by atoms with Crippen LogP contribution in [-0.2, 0) is 19.2 Å². The molecule has 5 atom stereocenters. The second kappa shape index (κ2) is 9.91. The summed E-state index contributed by atoms with van der Waals surface area (Å²) in [4.78, 5) is 69.6. The van der Waals surface area contributed by atoms with Crippen molar-refractivity contribution >= 4 is 29.5 Å². The minimum atomic E-state index is -4.83. The number of carbonyl (C=O) groups is 5. The maximum atomic E-state index is 15.2. The zero-order valence-electron chi connectivity index (χ0n) is 52.6. The molecule has 0 spiro atoms. The number of nitrogens with one attached hydrogen (secondary N) is 3. The highest BCUT2D eigenvalue weighted by Crippen LogP contribution is 2.65. The average Bonchev–Trinajstić information content (AvgIpc) is 3.63. The van der Waals surface area contributed by atoms with Crippen molar-refractivity contribution in [2.75, 3.05) is 6.54 Å². The molecule has 3 aliphatic rings. The Kier molecular flexibility index (Phi) is 2.07. The van der Waals surface area contributed by atoms with Crippen LogP contribution in [-0.4, -0.2) is 64.6 Å². The predicted molar refractivity (Wildman–Crippen MR) is 139 cm³/mol. The number of rotatable bonds is 8. The minimum Gasteiger partial charge on any atom is -0.363 e. The summed E-state index contributed by atoms with van der Waals surface area (Å²) in [6.07, 6.45) is -17.0. The molecule has 2 aliphatic carbocycles. The molecule has 2 saturated carbocycles. The molecule has 0 aromatic carbocycles. The second-order valence-corrected chi connectivity index (χ2v) is 8.46. The molecule has 3 fully saturated rings. The van der Waals surface area contributed by atoms with Crippen LogP contribution in [0.15, 0.2) is 0 Å². The van der Waals surface area contributed by atoms with Crippen molar-refractivity contribution in [1.29, 1.82) is 0 Å². The molecule has 10 heteroatoms. The van der Waals surface area contributed by atoms with Gasteiger partial charge in [-0.3, -0.25) is 19.2 Å². The van der Waals surface area contributed by atoms with Gasteiger partial charge in [0, 0.05) is 57.3 Å². The molecular formula is C27H45N5O5. The molecule has 0 aromatic rings. The van der Waals surface area contributed by atoms with Crippen LogP contribution in [0.25, 0.3) is 0 Å². The van der Waals surface area contributed by atoms with E-state index in [1.54, 1.807) is 0 Å². The minimum absolute atomic E-state index is 0.282. The number of nitrogens with two attached hydrogens (primary N) is 1. The number of fused-ring (bicyclic) bond motifs is 1. The first-order valence-electron chi connectivity index (χ1n) is 27.2. The molecule has 208 valence electrons. The summed E-state index contributed by atoms with van der Waals surface area (Å²) in [6.45, 7) is -36.5. The van der Waals surface area contributed by atoms with Gasteiger partial charge in [0.15, 0.2) is 0 Å². The quantitative estimate of drug-likeness (QED) is 0.337. The van der Waals surface area contributed by atoms with Gasteiger partial charge in [-0.25, -0.2) is 4.79 Å². The van der Waals surface area contributed by atoms with E-state index in [9.17, 15) is 19.2 Å². The van der Waals surface area contributed by atoms with Crippen molar-refractivity contribution < 1.29 is 70.6 Å². The largest absolute Gasteiger partial charge is 0.363 e. The summed E-state index contributed by atoms with van der Waals surface area (Å²) in [5, 5.41) is 3.36. The van der Waals surface area contributed by atoms with E-state index in [1.165, 1.54) is 5.32 Å². The zero-order valence-corrected chi connectivity index (χ0v) is 18.6. The van der Waals surface area contributed by atoms with Crippen LogP contribution in [0.4, 0.5) is 4.79 Å². The molecule has 1 aliphatic heterocycles. The van der Waals surface area contributed by atoms with E-state index in [1.807, 2.05) is 0 Å². The molecule has 5 N–H and O–H groups in total. The van der Waals surface area contributed by atoms with Crippen LogP contribution in [0, 0.1) is 28.6 Å². The average molecular weight is 554 g/mol. The molecular weight excluding hydrogens is 474 g/mol. The van der Waals surface area contributed by atoms with Crippen molar-refractivity contribution in [3.8, 4) is 0 Å². The molecule has 0 aromatic heterocycles. The van der Waals surface area contributed by atoms with Gasteiger partial charge in [0.2, 0.25) is 17.6 Å². The van der Waals surface area contributed by atoms with Crippen molar-refractivity contribution in [1.82, 2.24) is 20.9 Å². The summed E-state index contributed by atoms with van der Waals surface area (Å²) < 4.78 is 277. The molecule has 3 rings (SSSR count). The van der Waals surface area contributed by atoms with Gasteiger partial charge in [-0.1, -0.05) is 53.4 Å². The molecule has 1 heterocycles. The van der Waals surface area contributed by atoms with Gasteiger partial charge in [-0.2, -0.15) is 0 Å². The van der Waals surface area contributed by atoms with E-state index < -0.39 is 169 Å². The summed E-state index contributed by atoms with van der Waals surface area (Å²) >= 11 is 0. The van der Waals surface area contributed by atoms with Gasteiger partial charge >= 0.3 is 6.03 Å². The van der Waals surface area contributed by atoms with Gasteiger partial charge in [0.05, 0.1) is 7.39 Å². The van der Waals surface area contributed by atoms with Crippen LogP contribution in [0.3, 0.4) is 0 Å². The Hall–Kier alpha value is -2.65. The van der Waals surface area contributed by atoms with E-state index in [4.69, 9.17) is 52.3 Å². The number of ketones is 1. The summed E-state index contributed by atoms with van der Waals surface area (Å²) in [5.74, 6) is -19.5. The number of amides is 5. The van der Waals surface area contributed by atoms with Crippen LogP contribution >= 0.6 is 0 Å². The monoisotopic (exact) mass is 554 g/mol. The van der Waals surface area contributed by atoms with E-state index in [2.05, 4.69) is 0 Å². The first-order chi connectivity index (χ1) is 30.6. The SMILES string of the molecule is [2H]C([2H])([2H])C1(C([2H])([2H])[2H])[C@@H]2[C@@H](C(=O)N[C@@]([2H])(C(=O)C(N)=O)C([2H])([2H])C3([2H])C([2H])([2H])C([2H])([2H])C3([2H])[2H])N(C(=O)[C@@H](NC(=O)NC(C([2H])([2H])[2H])(C([2H])([2H])[2H])C([2H])([2H])[2H])C(C([2H])([2H])[2H])(C([2H])([2H])[2H])C([2H])([2H])[2H])C[C@@H]21. The number of piperidine rings is 1. The number of likely N-dealkylation sites (tertiary alicyclic amines) is 1. The van der Waals surface area contributed by atoms with Crippen molar-refractivity contribution in [2.24, 2.45) is 34.3 Å². The Labute approximate surface area is 268 Å². The smallest absolute Gasteiger partial charge is 0.315 e. The molecule has 1 saturated heterocycles. The third kappa shape index (κ3) is 6.26. The highest BCUT2D eigenvalue weighted by Gasteiger charge is 2.70. The number of nitrogens with zero attached hydrogens (tertiary/aromatic N) is 1. The first-order valence-corrected chi connectivity index (χ1v) is 10.2. The lowest BCUT2D eigenvalue weighted by Gasteiger charge is -2.38. The summed E-state index contributed by atoms with van der Waals surface area (Å²) in [5.41, 5.74) is -7.59. The predicted octanol–water partition coefficient (Wildman–Crippen LogP) is 1.71. The molecule has 37 heavy (non-hydrogen) atoms. The van der Waals surface area contributed by atoms with Gasteiger partial charge in [0.25, 0.3) is 5.91 Å². The summed E-state index contributed by atoms with van der Waals surface area (Å²) in [7, 11) is 0. The Bertz CT molecular complexity index is 2070. The highest BCUT2D eigenvalue weighted by atomic mass is 16.2. The fourth-order valence-electron chi connectivity index (χ4n) is 3.90. The molecule has 0 radical (unpaired) electrons. The van der Waals surface area contributed by atoms with Crippen molar-refractivity contribution in [3.63, 3.8) is 0 Å². The highest BCUT2D eigenvalue weighted by molar-refractivity contribution is 6.37. The second-order valence-electron chi connectivity index (χ2n) is 8.46. The number of carbonyl (C=O) groups excluding carboxylic acids is 5. The number of primary amides is 1. The zero-order chi connectivity index (χ0) is 57.1. The maximum Gasteiger partial charge on any atom is 0.315 e. The van der Waals surface area contributed by atoms with Crippen LogP contribution in [0.2, 0.25) is 0 Å². The number of hydrogen-bond donors (Lipinski definition) is 4. The van der Waals surface area contributed by atoms with Crippen LogP contribution in [0.1, 0.15) is 127 Å². The van der Waals surface area contributed by atoms with Gasteiger partial charge in [-0.15, -0.1) is 0 Å². The Morgan fingerprint density at radius 1 is 1.16 bits per heavy atom. The van der Waals surface area contributed by atoms with E-state index >= 15 is 4.79 Å². The lowest BCUT2D eigenvalue weighted by molar-refractivity contribution is -0.145. The first kappa shape index (κ1) is 7.72. The van der Waals surface area contributed by atoms with Crippen molar-refractivity contribution in [3.05, 3.63) is 0 Å². The van der Waals surface area contributed by atoms with Crippen molar-refractivity contribution in [2.45, 2.75) is 104 Å². The number of Topliss-reactive ketones (excluding diaryl/α,β-unsaturated/α-hetero) is 1. The van der Waals surface area contributed by atoms with Gasteiger partial charge in [-0.05, 0) is 55.5 Å². The topological polar surface area (TPSA) is 151 Å². The molecule has 10 nitrogen and oxygen atoms in total. The Morgan fingerprint density at radius 2 is 1.84 bits per heavy atom. The standard InChI is InChI=1S/C27H45N5O5/c1-25(2,3)20(30-24(37)31-26(4,5)6)23(36)32-13-15-17(27(15,7)8)18(32)22(35)29-16(19(33)21(28)34)12-14-10-9-11-14/h14-18,20H,9-13H2,1-8H3,(H2,28,34)(H,29,35)(H2,30,31,37)/t15-,16+,17-,18-,20+/m0/s1/i1D3,2D3,3D3,4D3,5D3,6D3,7D3,8D3,9D2,10D2,11D2,12D2,14D,16D. The summed E-state index contributed by atoms with van der Waals surface area (Å²) in [6, 6.07) is -14.6. The fraction of sp³-hybridized carbons (Fsp3) is 0.815. The van der Waals surface area contributed by atoms with Gasteiger partial charge in [0.1, 0.15) is 12.1 Å². The lowest BCUT2D eigenvalue weighted by atomic mass is 9.80. The number of hydrogen-bond acceptors (Lipinski definition) is 5. The van der Waals surface area contributed by atoms with Crippen LogP contribution < -0.4 is 21.7 Å². The van der Waals surface area contributed by atoms with Gasteiger partial charge < -0.3 is 26.6 Å². The number of urea groups is 1. The third-order valence-electron chi connectivity index (χ3n) is 5.64. The van der Waals surface area contributed by atoms with E-state index in [-0.39, 0.29) is 4.90 Å². The normalized spacial score (nSPS) is 48.8. The molecule has 0 bridgehead atoms. The molecule has 0 unspecified atom stereocenters. The molecule has 5 amide bonds. The van der Waals surface area contributed by atoms with Crippen LogP contribution in [0.5, 0.6) is 0 Å². The lowest BCUT2D eigenvalue weighted by Crippen LogP contribution is -2.62.